The monoisotopic (exact) mass is 404 g/mol. The molecule has 2 aromatic heterocycles. The first-order valence-electron chi connectivity index (χ1n) is 8.49. The van der Waals surface area contributed by atoms with Crippen LogP contribution in [-0.2, 0) is 4.79 Å². The molecule has 3 aromatic rings. The average Bonchev–Trinajstić information content (AvgIpc) is 3.13. The molecule has 3 rings (SSSR count). The van der Waals surface area contributed by atoms with Crippen LogP contribution in [0.15, 0.2) is 30.3 Å². The van der Waals surface area contributed by atoms with Crippen molar-refractivity contribution in [1.29, 1.82) is 0 Å². The van der Waals surface area contributed by atoms with E-state index in [0.29, 0.717) is 9.90 Å². The highest BCUT2D eigenvalue weighted by Gasteiger charge is 2.19. The van der Waals surface area contributed by atoms with Crippen LogP contribution < -0.4 is 10.6 Å². The summed E-state index contributed by atoms with van der Waals surface area (Å²) in [5.41, 5.74) is 1.23. The fourth-order valence-electron chi connectivity index (χ4n) is 2.66. The fourth-order valence-corrected chi connectivity index (χ4v) is 3.96. The van der Waals surface area contributed by atoms with E-state index < -0.39 is 0 Å². The smallest absolute Gasteiger partial charge is 0.261 e. The molecule has 8 heteroatoms. The molecule has 0 saturated carbocycles. The first kappa shape index (κ1) is 19.4. The van der Waals surface area contributed by atoms with E-state index in [1.54, 1.807) is 16.8 Å². The molecule has 0 fully saturated rings. The van der Waals surface area contributed by atoms with Gasteiger partial charge in [0.15, 0.2) is 0 Å². The molecule has 0 bridgehead atoms. The number of aromatic nitrogens is 2. The Morgan fingerprint density at radius 2 is 1.96 bits per heavy atom. The Morgan fingerprint density at radius 1 is 1.26 bits per heavy atom. The lowest BCUT2D eigenvalue weighted by Crippen LogP contribution is -2.45. The maximum atomic E-state index is 12.5. The molecule has 0 aliphatic heterocycles. The summed E-state index contributed by atoms with van der Waals surface area (Å²) >= 11 is 7.61. The van der Waals surface area contributed by atoms with Crippen molar-refractivity contribution in [3.05, 3.63) is 45.9 Å². The van der Waals surface area contributed by atoms with Crippen molar-refractivity contribution in [3.8, 4) is 5.69 Å². The summed E-state index contributed by atoms with van der Waals surface area (Å²) in [5, 5.41) is 11.5. The number of amides is 2. The van der Waals surface area contributed by atoms with E-state index in [1.807, 2.05) is 45.9 Å². The first-order chi connectivity index (χ1) is 12.7. The second-order valence-corrected chi connectivity index (χ2v) is 8.70. The van der Waals surface area contributed by atoms with E-state index in [1.165, 1.54) is 11.3 Å². The highest BCUT2D eigenvalue weighted by Crippen LogP contribution is 2.32. The maximum absolute atomic E-state index is 12.5. The number of nitrogens with one attached hydrogen (secondary N) is 2. The van der Waals surface area contributed by atoms with Gasteiger partial charge in [-0.2, -0.15) is 5.10 Å². The largest absolute Gasteiger partial charge is 0.350 e. The number of benzene rings is 1. The normalized spacial score (nSPS) is 11.6. The fraction of sp³-hybridized carbons (Fsp3) is 0.316. The van der Waals surface area contributed by atoms with Crippen molar-refractivity contribution in [2.45, 2.75) is 33.2 Å². The van der Waals surface area contributed by atoms with Crippen LogP contribution in [0.2, 0.25) is 5.02 Å². The molecule has 27 heavy (non-hydrogen) atoms. The summed E-state index contributed by atoms with van der Waals surface area (Å²) in [6.07, 6.45) is 0. The molecule has 2 heterocycles. The summed E-state index contributed by atoms with van der Waals surface area (Å²) in [4.78, 5) is 25.7. The van der Waals surface area contributed by atoms with Gasteiger partial charge in [0, 0.05) is 10.9 Å². The van der Waals surface area contributed by atoms with Crippen molar-refractivity contribution < 1.29 is 9.59 Å². The van der Waals surface area contributed by atoms with Crippen LogP contribution in [0.3, 0.4) is 0 Å². The van der Waals surface area contributed by atoms with Crippen molar-refractivity contribution >= 4 is 45.0 Å². The minimum absolute atomic E-state index is 0.0695. The summed E-state index contributed by atoms with van der Waals surface area (Å²) in [5.74, 6) is -0.513. The van der Waals surface area contributed by atoms with Gasteiger partial charge in [-0.3, -0.25) is 9.59 Å². The molecular formula is C19H21ClN4O2S. The Bertz CT molecular complexity index is 1020. The number of para-hydroxylation sites is 1. The van der Waals surface area contributed by atoms with Gasteiger partial charge < -0.3 is 10.6 Å². The topological polar surface area (TPSA) is 76.0 Å². The van der Waals surface area contributed by atoms with Crippen LogP contribution in [0, 0.1) is 6.92 Å². The zero-order valence-corrected chi connectivity index (χ0v) is 17.2. The lowest BCUT2D eigenvalue weighted by molar-refractivity contribution is -0.121. The van der Waals surface area contributed by atoms with Crippen LogP contribution in [0.25, 0.3) is 15.9 Å². The van der Waals surface area contributed by atoms with Crippen molar-refractivity contribution in [1.82, 2.24) is 20.4 Å². The number of fused-ring (bicyclic) bond motifs is 1. The quantitative estimate of drug-likeness (QED) is 0.696. The molecule has 0 aliphatic rings. The summed E-state index contributed by atoms with van der Waals surface area (Å²) in [6, 6.07) is 9.22. The third-order valence-electron chi connectivity index (χ3n) is 3.77. The molecule has 142 valence electrons. The maximum Gasteiger partial charge on any atom is 0.261 e. The lowest BCUT2D eigenvalue weighted by atomic mass is 10.1. The van der Waals surface area contributed by atoms with E-state index in [9.17, 15) is 9.59 Å². The molecular weight excluding hydrogens is 384 g/mol. The van der Waals surface area contributed by atoms with Gasteiger partial charge in [-0.25, -0.2) is 4.68 Å². The van der Waals surface area contributed by atoms with Crippen LogP contribution in [0.5, 0.6) is 0 Å². The SMILES string of the molecule is Cc1nn(-c2ccccc2Cl)c2sc(C(=O)NCC(=O)NC(C)(C)C)cc12. The van der Waals surface area contributed by atoms with Gasteiger partial charge in [0.2, 0.25) is 5.91 Å². The summed E-state index contributed by atoms with van der Waals surface area (Å²) < 4.78 is 1.75. The molecule has 6 nitrogen and oxygen atoms in total. The van der Waals surface area contributed by atoms with Crippen molar-refractivity contribution in [2.24, 2.45) is 0 Å². The lowest BCUT2D eigenvalue weighted by Gasteiger charge is -2.20. The molecule has 1 aromatic carbocycles. The van der Waals surface area contributed by atoms with Gasteiger partial charge in [0.05, 0.1) is 27.8 Å². The van der Waals surface area contributed by atoms with E-state index in [4.69, 9.17) is 11.6 Å². The first-order valence-corrected chi connectivity index (χ1v) is 9.68. The number of carbonyl (C=O) groups excluding carboxylic acids is 2. The molecule has 2 amide bonds. The predicted octanol–water partition coefficient (Wildman–Crippen LogP) is 3.69. The zero-order chi connectivity index (χ0) is 19.8. The number of halogens is 1. The average molecular weight is 405 g/mol. The number of hydrogen-bond acceptors (Lipinski definition) is 4. The Labute approximate surface area is 166 Å². The van der Waals surface area contributed by atoms with E-state index in [-0.39, 0.29) is 23.9 Å². The van der Waals surface area contributed by atoms with E-state index >= 15 is 0 Å². The van der Waals surface area contributed by atoms with E-state index in [0.717, 1.165) is 21.6 Å². The molecule has 0 unspecified atom stereocenters. The Kier molecular flexibility index (Phi) is 5.26. The third-order valence-corrected chi connectivity index (χ3v) is 5.20. The standard InChI is InChI=1S/C19H21ClN4O2S/c1-11-12-9-15(17(26)21-10-16(25)22-19(2,3)4)27-18(12)24(23-11)14-8-6-5-7-13(14)20/h5-9H,10H2,1-4H3,(H,21,26)(H,22,25). The molecule has 0 saturated heterocycles. The minimum Gasteiger partial charge on any atom is -0.350 e. The van der Waals surface area contributed by atoms with Crippen LogP contribution >= 0.6 is 22.9 Å². The summed E-state index contributed by atoms with van der Waals surface area (Å²) in [6.45, 7) is 7.49. The molecule has 0 spiro atoms. The molecule has 0 radical (unpaired) electrons. The number of thiophene rings is 1. The highest BCUT2D eigenvalue weighted by atomic mass is 35.5. The second kappa shape index (κ2) is 7.32. The van der Waals surface area contributed by atoms with Gasteiger partial charge in [-0.05, 0) is 45.9 Å². The number of rotatable bonds is 4. The molecule has 2 N–H and O–H groups in total. The minimum atomic E-state index is -0.338. The predicted molar refractivity (Wildman–Crippen MR) is 109 cm³/mol. The Morgan fingerprint density at radius 3 is 2.63 bits per heavy atom. The Balaban J connectivity index is 1.83. The van der Waals surface area contributed by atoms with Gasteiger partial charge in [-0.15, -0.1) is 11.3 Å². The van der Waals surface area contributed by atoms with Gasteiger partial charge >= 0.3 is 0 Å². The van der Waals surface area contributed by atoms with Gasteiger partial charge in [0.1, 0.15) is 4.83 Å². The number of nitrogens with zero attached hydrogens (tertiary/aromatic N) is 2. The molecule has 0 aliphatic carbocycles. The number of carbonyl (C=O) groups is 2. The summed E-state index contributed by atoms with van der Waals surface area (Å²) in [7, 11) is 0. The van der Waals surface area contributed by atoms with Crippen molar-refractivity contribution in [3.63, 3.8) is 0 Å². The van der Waals surface area contributed by atoms with E-state index in [2.05, 4.69) is 15.7 Å². The third kappa shape index (κ3) is 4.31. The second-order valence-electron chi connectivity index (χ2n) is 7.26. The number of hydrogen-bond donors (Lipinski definition) is 2. The van der Waals surface area contributed by atoms with Crippen LogP contribution in [-0.4, -0.2) is 33.7 Å². The molecule has 0 atom stereocenters. The highest BCUT2D eigenvalue weighted by molar-refractivity contribution is 7.20. The number of aryl methyl sites for hydroxylation is 1. The van der Waals surface area contributed by atoms with Crippen LogP contribution in [0.1, 0.15) is 36.1 Å². The zero-order valence-electron chi connectivity index (χ0n) is 15.6. The Hall–Kier alpha value is -2.38. The van der Waals surface area contributed by atoms with Crippen LogP contribution in [0.4, 0.5) is 0 Å². The van der Waals surface area contributed by atoms with Crippen molar-refractivity contribution in [2.75, 3.05) is 6.54 Å². The van der Waals surface area contributed by atoms with Gasteiger partial charge in [-0.1, -0.05) is 23.7 Å². The van der Waals surface area contributed by atoms with Gasteiger partial charge in [0.25, 0.3) is 5.91 Å².